The molecule has 0 amide bonds. The van der Waals surface area contributed by atoms with E-state index in [2.05, 4.69) is 18.7 Å². The van der Waals surface area contributed by atoms with E-state index in [-0.39, 0.29) is 0 Å². The SMILES string of the molecule is CC(C)CN1CC(N)CC(CC2CC2)C1. The number of nitrogens with two attached hydrogens (primary N) is 1. The summed E-state index contributed by atoms with van der Waals surface area (Å²) in [4.78, 5) is 2.59. The molecule has 0 spiro atoms. The van der Waals surface area contributed by atoms with E-state index < -0.39 is 0 Å². The Kier molecular flexibility index (Phi) is 3.68. The molecule has 15 heavy (non-hydrogen) atoms. The van der Waals surface area contributed by atoms with Crippen LogP contribution in [0.1, 0.15) is 39.5 Å². The summed E-state index contributed by atoms with van der Waals surface area (Å²) < 4.78 is 0. The zero-order chi connectivity index (χ0) is 10.8. The molecule has 2 unspecified atom stereocenters. The van der Waals surface area contributed by atoms with Crippen molar-refractivity contribution in [2.75, 3.05) is 19.6 Å². The lowest BCUT2D eigenvalue weighted by Crippen LogP contribution is -2.48. The van der Waals surface area contributed by atoms with Crippen molar-refractivity contribution in [3.63, 3.8) is 0 Å². The number of hydrogen-bond donors (Lipinski definition) is 1. The number of likely N-dealkylation sites (tertiary alicyclic amines) is 1. The van der Waals surface area contributed by atoms with Crippen molar-refractivity contribution in [1.82, 2.24) is 4.90 Å². The zero-order valence-electron chi connectivity index (χ0n) is 10.3. The molecule has 2 fully saturated rings. The van der Waals surface area contributed by atoms with Gasteiger partial charge in [0.25, 0.3) is 0 Å². The highest BCUT2D eigenvalue weighted by Gasteiger charge is 2.30. The summed E-state index contributed by atoms with van der Waals surface area (Å²) in [6.07, 6.45) is 5.68. The Balaban J connectivity index is 1.79. The van der Waals surface area contributed by atoms with Crippen molar-refractivity contribution < 1.29 is 0 Å². The van der Waals surface area contributed by atoms with Crippen molar-refractivity contribution in [3.05, 3.63) is 0 Å². The van der Waals surface area contributed by atoms with Gasteiger partial charge in [0.15, 0.2) is 0 Å². The normalized spacial score (nSPS) is 33.6. The number of hydrogen-bond acceptors (Lipinski definition) is 2. The van der Waals surface area contributed by atoms with Gasteiger partial charge in [0.2, 0.25) is 0 Å². The van der Waals surface area contributed by atoms with Gasteiger partial charge in [-0.15, -0.1) is 0 Å². The van der Waals surface area contributed by atoms with Gasteiger partial charge in [-0.3, -0.25) is 0 Å². The van der Waals surface area contributed by atoms with Crippen LogP contribution < -0.4 is 5.73 Å². The average molecular weight is 210 g/mol. The summed E-state index contributed by atoms with van der Waals surface area (Å²) in [6.45, 7) is 8.27. The van der Waals surface area contributed by atoms with Crippen LogP contribution in [0.5, 0.6) is 0 Å². The molecule has 2 nitrogen and oxygen atoms in total. The molecule has 2 rings (SSSR count). The van der Waals surface area contributed by atoms with Crippen molar-refractivity contribution in [1.29, 1.82) is 0 Å². The van der Waals surface area contributed by atoms with Gasteiger partial charge in [0.05, 0.1) is 0 Å². The average Bonchev–Trinajstić information content (AvgIpc) is 2.85. The minimum atomic E-state index is 0.432. The van der Waals surface area contributed by atoms with Gasteiger partial charge in [0, 0.05) is 25.7 Å². The van der Waals surface area contributed by atoms with Crippen LogP contribution in [-0.4, -0.2) is 30.6 Å². The quantitative estimate of drug-likeness (QED) is 0.770. The first kappa shape index (κ1) is 11.4. The van der Waals surface area contributed by atoms with Crippen LogP contribution in [0, 0.1) is 17.8 Å². The minimum Gasteiger partial charge on any atom is -0.327 e. The van der Waals surface area contributed by atoms with E-state index in [1.54, 1.807) is 0 Å². The van der Waals surface area contributed by atoms with Crippen LogP contribution >= 0.6 is 0 Å². The Bertz CT molecular complexity index is 183. The second-order valence-electron chi connectivity index (χ2n) is 6.15. The Morgan fingerprint density at radius 2 is 1.93 bits per heavy atom. The number of nitrogens with zero attached hydrogens (tertiary/aromatic N) is 1. The lowest BCUT2D eigenvalue weighted by Gasteiger charge is -2.37. The molecule has 1 aliphatic heterocycles. The highest BCUT2D eigenvalue weighted by molar-refractivity contribution is 4.85. The highest BCUT2D eigenvalue weighted by atomic mass is 15.1. The third kappa shape index (κ3) is 3.76. The molecule has 1 heterocycles. The lowest BCUT2D eigenvalue weighted by molar-refractivity contribution is 0.134. The van der Waals surface area contributed by atoms with E-state index >= 15 is 0 Å². The van der Waals surface area contributed by atoms with E-state index in [4.69, 9.17) is 5.73 Å². The van der Waals surface area contributed by atoms with Gasteiger partial charge >= 0.3 is 0 Å². The Hall–Kier alpha value is -0.0800. The summed E-state index contributed by atoms with van der Waals surface area (Å²) in [5.74, 6) is 2.72. The van der Waals surface area contributed by atoms with E-state index in [1.807, 2.05) is 0 Å². The highest BCUT2D eigenvalue weighted by Crippen LogP contribution is 2.37. The molecule has 0 bridgehead atoms. The predicted molar refractivity (Wildman–Crippen MR) is 64.7 cm³/mol. The largest absolute Gasteiger partial charge is 0.327 e. The van der Waals surface area contributed by atoms with Gasteiger partial charge in [-0.2, -0.15) is 0 Å². The first-order valence-corrected chi connectivity index (χ1v) is 6.61. The maximum absolute atomic E-state index is 6.15. The molecule has 0 radical (unpaired) electrons. The molecule has 0 aromatic heterocycles. The molecule has 1 aliphatic carbocycles. The van der Waals surface area contributed by atoms with Gasteiger partial charge in [-0.1, -0.05) is 26.7 Å². The Labute approximate surface area is 94.2 Å². The monoisotopic (exact) mass is 210 g/mol. The van der Waals surface area contributed by atoms with Crippen molar-refractivity contribution in [2.45, 2.75) is 45.6 Å². The molecule has 2 N–H and O–H groups in total. The summed E-state index contributed by atoms with van der Waals surface area (Å²) in [7, 11) is 0. The molecule has 88 valence electrons. The summed E-state index contributed by atoms with van der Waals surface area (Å²) in [6, 6.07) is 0.432. The predicted octanol–water partition coefficient (Wildman–Crippen LogP) is 2.09. The van der Waals surface area contributed by atoms with Gasteiger partial charge in [-0.25, -0.2) is 0 Å². The van der Waals surface area contributed by atoms with Crippen LogP contribution in [0.3, 0.4) is 0 Å². The molecule has 0 aromatic rings. The Morgan fingerprint density at radius 1 is 1.20 bits per heavy atom. The van der Waals surface area contributed by atoms with Gasteiger partial charge in [0.1, 0.15) is 0 Å². The standard InChI is InChI=1S/C13H26N2/c1-10(2)7-15-8-12(5-11-3-4-11)6-13(14)9-15/h10-13H,3-9,14H2,1-2H3. The molecule has 2 heteroatoms. The van der Waals surface area contributed by atoms with E-state index in [9.17, 15) is 0 Å². The fourth-order valence-corrected chi connectivity index (χ4v) is 3.01. The zero-order valence-corrected chi connectivity index (χ0v) is 10.3. The van der Waals surface area contributed by atoms with Gasteiger partial charge in [-0.05, 0) is 30.6 Å². The summed E-state index contributed by atoms with van der Waals surface area (Å²) >= 11 is 0. The minimum absolute atomic E-state index is 0.432. The summed E-state index contributed by atoms with van der Waals surface area (Å²) in [5.41, 5.74) is 6.15. The number of rotatable bonds is 4. The van der Waals surface area contributed by atoms with Crippen LogP contribution in [0.4, 0.5) is 0 Å². The van der Waals surface area contributed by atoms with E-state index in [0.717, 1.165) is 24.3 Å². The molecular weight excluding hydrogens is 184 g/mol. The molecule has 2 aliphatic rings. The van der Waals surface area contributed by atoms with Crippen LogP contribution in [-0.2, 0) is 0 Å². The van der Waals surface area contributed by atoms with Crippen LogP contribution in [0.25, 0.3) is 0 Å². The Morgan fingerprint density at radius 3 is 2.53 bits per heavy atom. The maximum atomic E-state index is 6.15. The smallest absolute Gasteiger partial charge is 0.0170 e. The third-order valence-corrected chi connectivity index (χ3v) is 3.63. The molecule has 1 saturated heterocycles. The fraction of sp³-hybridized carbons (Fsp3) is 1.00. The van der Waals surface area contributed by atoms with Crippen molar-refractivity contribution >= 4 is 0 Å². The first-order valence-electron chi connectivity index (χ1n) is 6.61. The van der Waals surface area contributed by atoms with Crippen molar-refractivity contribution in [3.8, 4) is 0 Å². The van der Waals surface area contributed by atoms with Gasteiger partial charge < -0.3 is 10.6 Å². The van der Waals surface area contributed by atoms with Crippen LogP contribution in [0.15, 0.2) is 0 Å². The van der Waals surface area contributed by atoms with E-state index in [1.165, 1.54) is 38.8 Å². The maximum Gasteiger partial charge on any atom is 0.0170 e. The summed E-state index contributed by atoms with van der Waals surface area (Å²) in [5, 5.41) is 0. The molecular formula is C13H26N2. The fourth-order valence-electron chi connectivity index (χ4n) is 3.01. The second kappa shape index (κ2) is 4.84. The topological polar surface area (TPSA) is 29.3 Å². The first-order chi connectivity index (χ1) is 7.13. The third-order valence-electron chi connectivity index (χ3n) is 3.63. The van der Waals surface area contributed by atoms with Crippen molar-refractivity contribution in [2.24, 2.45) is 23.5 Å². The second-order valence-corrected chi connectivity index (χ2v) is 6.15. The molecule has 1 saturated carbocycles. The van der Waals surface area contributed by atoms with Crippen LogP contribution in [0.2, 0.25) is 0 Å². The van der Waals surface area contributed by atoms with E-state index in [0.29, 0.717) is 6.04 Å². The molecule has 0 aromatic carbocycles. The molecule has 2 atom stereocenters. The number of piperidine rings is 1. The lowest BCUT2D eigenvalue weighted by atomic mass is 9.90.